The highest BCUT2D eigenvalue weighted by Crippen LogP contribution is 2.15. The largest absolute Gasteiger partial charge is 0.342 e. The maximum atomic E-state index is 12.4. The van der Waals surface area contributed by atoms with Crippen molar-refractivity contribution in [3.8, 4) is 0 Å². The van der Waals surface area contributed by atoms with Crippen LogP contribution in [0.15, 0.2) is 0 Å². The molecule has 0 aliphatic carbocycles. The van der Waals surface area contributed by atoms with E-state index in [1.54, 1.807) is 0 Å². The first-order valence-electron chi connectivity index (χ1n) is 7.87. The first kappa shape index (κ1) is 16.4. The monoisotopic (exact) mass is 269 g/mol. The molecule has 19 heavy (non-hydrogen) atoms. The number of amides is 1. The Kier molecular flexibility index (Phi) is 7.39. The lowest BCUT2D eigenvalue weighted by Gasteiger charge is -2.34. The summed E-state index contributed by atoms with van der Waals surface area (Å²) >= 11 is 0. The summed E-state index contributed by atoms with van der Waals surface area (Å²) in [5.41, 5.74) is 0. The quantitative estimate of drug-likeness (QED) is 0.762. The van der Waals surface area contributed by atoms with E-state index in [4.69, 9.17) is 0 Å². The summed E-state index contributed by atoms with van der Waals surface area (Å²) in [5, 5.41) is 3.40. The highest BCUT2D eigenvalue weighted by atomic mass is 16.2. The number of hydrogen-bond acceptors (Lipinski definition) is 3. The molecule has 1 fully saturated rings. The van der Waals surface area contributed by atoms with Crippen molar-refractivity contribution in [2.24, 2.45) is 5.92 Å². The topological polar surface area (TPSA) is 35.6 Å². The highest BCUT2D eigenvalue weighted by Gasteiger charge is 2.26. The minimum Gasteiger partial charge on any atom is -0.342 e. The molecule has 1 unspecified atom stereocenters. The molecule has 1 aliphatic rings. The van der Waals surface area contributed by atoms with E-state index in [0.717, 1.165) is 45.2 Å². The van der Waals surface area contributed by atoms with Crippen LogP contribution in [-0.4, -0.2) is 61.0 Å². The molecule has 0 aromatic rings. The predicted molar refractivity (Wildman–Crippen MR) is 80.2 cm³/mol. The molecule has 0 spiro atoms. The molecule has 112 valence electrons. The Hall–Kier alpha value is -0.610. The number of carbonyl (C=O) groups excluding carboxylic acids is 1. The van der Waals surface area contributed by atoms with Crippen molar-refractivity contribution < 1.29 is 4.79 Å². The summed E-state index contributed by atoms with van der Waals surface area (Å²) < 4.78 is 0. The van der Waals surface area contributed by atoms with Gasteiger partial charge in [0.15, 0.2) is 0 Å². The number of nitrogens with zero attached hydrogens (tertiary/aromatic N) is 2. The van der Waals surface area contributed by atoms with Gasteiger partial charge in [0.25, 0.3) is 0 Å². The van der Waals surface area contributed by atoms with E-state index in [2.05, 4.69) is 37.9 Å². The second kappa shape index (κ2) is 8.54. The van der Waals surface area contributed by atoms with Gasteiger partial charge in [0.2, 0.25) is 5.91 Å². The summed E-state index contributed by atoms with van der Waals surface area (Å²) in [5.74, 6) is 1.02. The van der Waals surface area contributed by atoms with Crippen molar-refractivity contribution in [3.05, 3.63) is 0 Å². The minimum atomic E-state index is 0.0137. The van der Waals surface area contributed by atoms with Gasteiger partial charge in [-0.2, -0.15) is 0 Å². The van der Waals surface area contributed by atoms with Crippen molar-refractivity contribution in [2.45, 2.75) is 46.6 Å². The number of likely N-dealkylation sites (N-methyl/N-ethyl adjacent to an activating group) is 2. The van der Waals surface area contributed by atoms with Crippen molar-refractivity contribution in [1.82, 2.24) is 15.1 Å². The molecule has 4 heteroatoms. The van der Waals surface area contributed by atoms with Crippen molar-refractivity contribution in [1.29, 1.82) is 0 Å². The Bertz CT molecular complexity index is 260. The molecule has 1 heterocycles. The lowest BCUT2D eigenvalue weighted by molar-refractivity contribution is -0.136. The van der Waals surface area contributed by atoms with Crippen LogP contribution in [0.25, 0.3) is 0 Å². The zero-order chi connectivity index (χ0) is 14.3. The van der Waals surface area contributed by atoms with Gasteiger partial charge in [-0.3, -0.25) is 9.69 Å². The molecule has 0 aromatic heterocycles. The van der Waals surface area contributed by atoms with E-state index in [9.17, 15) is 4.79 Å². The minimum absolute atomic E-state index is 0.0137. The number of nitrogens with one attached hydrogen (secondary N) is 1. The van der Waals surface area contributed by atoms with Crippen LogP contribution in [0.1, 0.15) is 40.5 Å². The van der Waals surface area contributed by atoms with E-state index in [1.807, 2.05) is 4.90 Å². The van der Waals surface area contributed by atoms with Gasteiger partial charge in [-0.25, -0.2) is 0 Å². The molecule has 1 aliphatic heterocycles. The molecular formula is C15H31N3O. The second-order valence-electron chi connectivity index (χ2n) is 5.47. The van der Waals surface area contributed by atoms with Crippen LogP contribution in [0.3, 0.4) is 0 Å². The third-order valence-corrected chi connectivity index (χ3v) is 4.34. The Balaban J connectivity index is 2.54. The summed E-state index contributed by atoms with van der Waals surface area (Å²) in [6, 6.07) is 0.0137. The number of rotatable bonds is 7. The average molecular weight is 269 g/mol. The molecule has 1 saturated heterocycles. The third kappa shape index (κ3) is 4.77. The third-order valence-electron chi connectivity index (χ3n) is 4.34. The molecule has 1 atom stereocenters. The normalized spacial score (nSPS) is 18.6. The van der Waals surface area contributed by atoms with Gasteiger partial charge in [0, 0.05) is 19.6 Å². The van der Waals surface area contributed by atoms with Crippen LogP contribution >= 0.6 is 0 Å². The van der Waals surface area contributed by atoms with E-state index in [-0.39, 0.29) is 11.9 Å². The highest BCUT2D eigenvalue weighted by molar-refractivity contribution is 5.81. The lowest BCUT2D eigenvalue weighted by atomic mass is 9.97. The maximum Gasteiger partial charge on any atom is 0.239 e. The van der Waals surface area contributed by atoms with Gasteiger partial charge in [0.05, 0.1) is 6.04 Å². The second-order valence-corrected chi connectivity index (χ2v) is 5.47. The molecule has 1 amide bonds. The summed E-state index contributed by atoms with van der Waals surface area (Å²) in [7, 11) is 0. The molecule has 0 radical (unpaired) electrons. The SMILES string of the molecule is CCN(CC)C(=O)C(C)N(CC)CC1CCNCC1. The van der Waals surface area contributed by atoms with Gasteiger partial charge in [-0.05, 0) is 59.2 Å². The zero-order valence-corrected chi connectivity index (χ0v) is 13.1. The fraction of sp³-hybridized carbons (Fsp3) is 0.933. The Labute approximate surface area is 118 Å². The molecular weight excluding hydrogens is 238 g/mol. The smallest absolute Gasteiger partial charge is 0.239 e. The molecule has 1 N–H and O–H groups in total. The summed E-state index contributed by atoms with van der Waals surface area (Å²) in [6.07, 6.45) is 2.48. The van der Waals surface area contributed by atoms with Crippen LogP contribution in [0, 0.1) is 5.92 Å². The van der Waals surface area contributed by atoms with E-state index in [1.165, 1.54) is 12.8 Å². The first-order chi connectivity index (χ1) is 9.13. The van der Waals surface area contributed by atoms with Gasteiger partial charge >= 0.3 is 0 Å². The molecule has 4 nitrogen and oxygen atoms in total. The van der Waals surface area contributed by atoms with E-state index < -0.39 is 0 Å². The van der Waals surface area contributed by atoms with Crippen molar-refractivity contribution >= 4 is 5.91 Å². The summed E-state index contributed by atoms with van der Waals surface area (Å²) in [4.78, 5) is 16.7. The molecule has 0 saturated carbocycles. The maximum absolute atomic E-state index is 12.4. The van der Waals surface area contributed by atoms with Gasteiger partial charge < -0.3 is 10.2 Å². The number of carbonyl (C=O) groups is 1. The van der Waals surface area contributed by atoms with Crippen LogP contribution in [-0.2, 0) is 4.79 Å². The van der Waals surface area contributed by atoms with Crippen LogP contribution in [0.5, 0.6) is 0 Å². The molecule has 0 aromatic carbocycles. The fourth-order valence-electron chi connectivity index (χ4n) is 2.91. The van der Waals surface area contributed by atoms with E-state index in [0.29, 0.717) is 0 Å². The fourth-order valence-corrected chi connectivity index (χ4v) is 2.91. The Morgan fingerprint density at radius 2 is 1.74 bits per heavy atom. The standard InChI is InChI=1S/C15H31N3O/c1-5-17(6-2)15(19)13(4)18(7-3)12-14-8-10-16-11-9-14/h13-14,16H,5-12H2,1-4H3. The van der Waals surface area contributed by atoms with Crippen molar-refractivity contribution in [2.75, 3.05) is 39.3 Å². The molecule has 0 bridgehead atoms. The predicted octanol–water partition coefficient (Wildman–Crippen LogP) is 1.56. The van der Waals surface area contributed by atoms with Crippen molar-refractivity contribution in [3.63, 3.8) is 0 Å². The first-order valence-corrected chi connectivity index (χ1v) is 7.87. The van der Waals surface area contributed by atoms with E-state index >= 15 is 0 Å². The van der Waals surface area contributed by atoms with Crippen LogP contribution in [0.2, 0.25) is 0 Å². The summed E-state index contributed by atoms with van der Waals surface area (Å²) in [6.45, 7) is 14.2. The van der Waals surface area contributed by atoms with Crippen LogP contribution < -0.4 is 5.32 Å². The number of hydrogen-bond donors (Lipinski definition) is 1. The lowest BCUT2D eigenvalue weighted by Crippen LogP contribution is -2.49. The van der Waals surface area contributed by atoms with Crippen LogP contribution in [0.4, 0.5) is 0 Å². The average Bonchev–Trinajstić information content (AvgIpc) is 2.46. The van der Waals surface area contributed by atoms with Gasteiger partial charge in [-0.15, -0.1) is 0 Å². The van der Waals surface area contributed by atoms with Gasteiger partial charge in [0.1, 0.15) is 0 Å². The zero-order valence-electron chi connectivity index (χ0n) is 13.1. The number of piperidine rings is 1. The molecule has 1 rings (SSSR count). The Morgan fingerprint density at radius 3 is 2.21 bits per heavy atom. The van der Waals surface area contributed by atoms with Gasteiger partial charge in [-0.1, -0.05) is 6.92 Å². The Morgan fingerprint density at radius 1 is 1.16 bits per heavy atom.